The highest BCUT2D eigenvalue weighted by Gasteiger charge is 2.34. The van der Waals surface area contributed by atoms with Crippen LogP contribution in [-0.2, 0) is 11.3 Å². The zero-order chi connectivity index (χ0) is 25.7. The van der Waals surface area contributed by atoms with Gasteiger partial charge >= 0.3 is 0 Å². The number of anilines is 1. The molecule has 6 rings (SSSR count). The van der Waals surface area contributed by atoms with Gasteiger partial charge in [-0.05, 0) is 67.1 Å². The van der Waals surface area contributed by atoms with Crippen molar-refractivity contribution in [1.82, 2.24) is 14.6 Å². The van der Waals surface area contributed by atoms with Gasteiger partial charge in [-0.25, -0.2) is 0 Å². The molecule has 184 valence electrons. The minimum atomic E-state index is -0.368. The maximum Gasteiger partial charge on any atom is 0.291 e. The number of benzene rings is 3. The lowest BCUT2D eigenvalue weighted by atomic mass is 10.1. The van der Waals surface area contributed by atoms with E-state index in [1.165, 1.54) is 15.9 Å². The van der Waals surface area contributed by atoms with Crippen LogP contribution in [0.25, 0.3) is 21.9 Å². The van der Waals surface area contributed by atoms with E-state index in [-0.39, 0.29) is 11.5 Å². The first-order chi connectivity index (χ1) is 17.9. The number of rotatable bonds is 5. The van der Waals surface area contributed by atoms with Crippen molar-refractivity contribution in [3.63, 3.8) is 0 Å². The van der Waals surface area contributed by atoms with E-state index in [1.807, 2.05) is 61.5 Å². The molecule has 0 aliphatic carbocycles. The Hall–Kier alpha value is -3.53. The van der Waals surface area contributed by atoms with Crippen molar-refractivity contribution in [2.24, 2.45) is 0 Å². The molecule has 0 N–H and O–H groups in total. The van der Waals surface area contributed by atoms with Crippen molar-refractivity contribution in [1.29, 1.82) is 0 Å². The molecule has 2 aromatic heterocycles. The van der Waals surface area contributed by atoms with Crippen LogP contribution in [0.4, 0.5) is 5.69 Å². The van der Waals surface area contributed by atoms with E-state index < -0.39 is 0 Å². The maximum atomic E-state index is 13.7. The van der Waals surface area contributed by atoms with Crippen LogP contribution in [0.1, 0.15) is 18.1 Å². The van der Waals surface area contributed by atoms with Crippen LogP contribution in [0.2, 0.25) is 5.02 Å². The van der Waals surface area contributed by atoms with Gasteiger partial charge in [0.15, 0.2) is 5.82 Å². The average molecular weight is 594 g/mol. The zero-order valence-corrected chi connectivity index (χ0v) is 22.6. The molecule has 7 nitrogen and oxygen atoms in total. The highest BCUT2D eigenvalue weighted by atomic mass is 79.9. The Morgan fingerprint density at radius 3 is 2.49 bits per heavy atom. The molecule has 0 spiro atoms. The second-order valence-corrected chi connectivity index (χ2v) is 10.7. The predicted molar refractivity (Wildman–Crippen MR) is 148 cm³/mol. The number of nitrogens with zero attached hydrogens (tertiary/aromatic N) is 4. The third-order valence-corrected chi connectivity index (χ3v) is 7.81. The Bertz CT molecular complexity index is 1780. The summed E-state index contributed by atoms with van der Waals surface area (Å²) in [4.78, 5) is 33.9. The van der Waals surface area contributed by atoms with Crippen LogP contribution in [-0.4, -0.2) is 27.1 Å². The monoisotopic (exact) mass is 592 g/mol. The molecule has 1 aliphatic rings. The van der Waals surface area contributed by atoms with Gasteiger partial charge in [-0.3, -0.25) is 9.59 Å². The Morgan fingerprint density at radius 1 is 1.03 bits per heavy atom. The molecule has 1 amide bonds. The lowest BCUT2D eigenvalue weighted by molar-refractivity contribution is -0.113. The van der Waals surface area contributed by atoms with Gasteiger partial charge in [0.25, 0.3) is 11.5 Å². The summed E-state index contributed by atoms with van der Waals surface area (Å²) in [5.41, 5.74) is 3.13. The van der Waals surface area contributed by atoms with Gasteiger partial charge in [0.1, 0.15) is 10.3 Å². The molecule has 10 heteroatoms. The summed E-state index contributed by atoms with van der Waals surface area (Å²) in [5.74, 6) is 0.952. The second-order valence-electron chi connectivity index (χ2n) is 8.38. The van der Waals surface area contributed by atoms with Crippen LogP contribution < -0.4 is 19.7 Å². The lowest BCUT2D eigenvalue weighted by Gasteiger charge is -2.17. The standard InChI is InChI=1S/C27H18BrClN4O3S/c1-2-36-19-10-5-16(6-11-19)24-30-27-33(31-24)26(35)23(37-27)22-20-13-17(28)7-12-21(20)32(25(22)34)14-15-3-8-18(29)9-4-15/h3-13H,2,14H2,1H3/b23-22-. The van der Waals surface area contributed by atoms with Gasteiger partial charge in [-0.2, -0.15) is 9.50 Å². The lowest BCUT2D eigenvalue weighted by Crippen LogP contribution is -2.32. The quantitative estimate of drug-likeness (QED) is 0.284. The van der Waals surface area contributed by atoms with E-state index in [4.69, 9.17) is 16.3 Å². The van der Waals surface area contributed by atoms with Gasteiger partial charge in [0.05, 0.1) is 24.4 Å². The fourth-order valence-electron chi connectivity index (χ4n) is 4.33. The molecule has 0 atom stereocenters. The number of hydrogen-bond acceptors (Lipinski definition) is 6. The maximum absolute atomic E-state index is 13.7. The number of fused-ring (bicyclic) bond motifs is 2. The molecule has 0 bridgehead atoms. The average Bonchev–Trinajstić information content (AvgIpc) is 3.52. The van der Waals surface area contributed by atoms with Crippen LogP contribution in [0.5, 0.6) is 5.75 Å². The van der Waals surface area contributed by atoms with Crippen LogP contribution >= 0.6 is 38.9 Å². The van der Waals surface area contributed by atoms with Crippen LogP contribution in [0.3, 0.4) is 0 Å². The molecule has 0 radical (unpaired) electrons. The second kappa shape index (κ2) is 9.41. The van der Waals surface area contributed by atoms with Gasteiger partial charge in [0.2, 0.25) is 4.96 Å². The molecular formula is C27H18BrClN4O3S. The van der Waals surface area contributed by atoms with E-state index in [2.05, 4.69) is 26.0 Å². The summed E-state index contributed by atoms with van der Waals surface area (Å²) in [6, 6.07) is 20.4. The van der Waals surface area contributed by atoms with E-state index >= 15 is 0 Å². The number of carbonyl (C=O) groups excluding carboxylic acids is 1. The van der Waals surface area contributed by atoms with Crippen molar-refractivity contribution in [3.05, 3.63) is 102 Å². The Kier molecular flexibility index (Phi) is 6.06. The Morgan fingerprint density at radius 2 is 1.78 bits per heavy atom. The summed E-state index contributed by atoms with van der Waals surface area (Å²) in [6.07, 6.45) is 0. The van der Waals surface area contributed by atoms with Crippen molar-refractivity contribution in [2.75, 3.05) is 11.5 Å². The highest BCUT2D eigenvalue weighted by Crippen LogP contribution is 2.38. The molecule has 0 fully saturated rings. The molecule has 0 unspecified atom stereocenters. The van der Waals surface area contributed by atoms with Gasteiger partial charge in [0, 0.05) is 20.6 Å². The first-order valence-electron chi connectivity index (χ1n) is 11.5. The molecule has 37 heavy (non-hydrogen) atoms. The number of ether oxygens (including phenoxy) is 1. The molecular weight excluding hydrogens is 576 g/mol. The van der Waals surface area contributed by atoms with Crippen molar-refractivity contribution >= 4 is 61.0 Å². The zero-order valence-electron chi connectivity index (χ0n) is 19.4. The van der Waals surface area contributed by atoms with Gasteiger partial charge in [-0.15, -0.1) is 5.10 Å². The van der Waals surface area contributed by atoms with Crippen molar-refractivity contribution < 1.29 is 9.53 Å². The van der Waals surface area contributed by atoms with Crippen molar-refractivity contribution in [2.45, 2.75) is 13.5 Å². The normalized spacial score (nSPS) is 14.5. The number of amides is 1. The van der Waals surface area contributed by atoms with Gasteiger partial charge < -0.3 is 9.64 Å². The molecule has 0 saturated carbocycles. The molecule has 1 aliphatic heterocycles. The fourth-order valence-corrected chi connectivity index (χ4v) is 5.81. The predicted octanol–water partition coefficient (Wildman–Crippen LogP) is 5.10. The summed E-state index contributed by atoms with van der Waals surface area (Å²) in [5, 5.41) is 5.07. The van der Waals surface area contributed by atoms with Gasteiger partial charge in [-0.1, -0.05) is 51.0 Å². The van der Waals surface area contributed by atoms with E-state index in [1.54, 1.807) is 17.0 Å². The first kappa shape index (κ1) is 23.8. The first-order valence-corrected chi connectivity index (χ1v) is 13.4. The number of hydrogen-bond donors (Lipinski definition) is 0. The SMILES string of the molecule is CCOc1ccc(-c2nc3s/c(=C4\C(=O)N(Cc5ccc(Cl)cc5)c5ccc(Br)cc54)c(=O)n3n2)cc1. The minimum Gasteiger partial charge on any atom is -0.494 e. The summed E-state index contributed by atoms with van der Waals surface area (Å²) >= 11 is 10.7. The smallest absolute Gasteiger partial charge is 0.291 e. The topological polar surface area (TPSA) is 76.8 Å². The van der Waals surface area contributed by atoms with Crippen LogP contribution in [0, 0.1) is 0 Å². The molecule has 3 aromatic carbocycles. The highest BCUT2D eigenvalue weighted by molar-refractivity contribution is 9.10. The van der Waals surface area contributed by atoms with Crippen molar-refractivity contribution in [3.8, 4) is 17.1 Å². The molecule has 0 saturated heterocycles. The summed E-state index contributed by atoms with van der Waals surface area (Å²) in [6.45, 7) is 2.85. The number of carbonyl (C=O) groups is 1. The Balaban J connectivity index is 1.45. The summed E-state index contributed by atoms with van der Waals surface area (Å²) < 4.78 is 7.89. The minimum absolute atomic E-state index is 0.239. The van der Waals surface area contributed by atoms with Crippen LogP contribution in [0.15, 0.2) is 76.0 Å². The number of thiazole rings is 1. The Labute approximate surface area is 228 Å². The summed E-state index contributed by atoms with van der Waals surface area (Å²) in [7, 11) is 0. The third-order valence-electron chi connectivity index (χ3n) is 6.04. The number of aromatic nitrogens is 3. The number of halogens is 2. The molecule has 5 aromatic rings. The largest absolute Gasteiger partial charge is 0.494 e. The fraction of sp³-hybridized carbons (Fsp3) is 0.111. The molecule has 3 heterocycles. The third kappa shape index (κ3) is 4.22. The van der Waals surface area contributed by atoms with E-state index in [9.17, 15) is 9.59 Å². The van der Waals surface area contributed by atoms with E-state index in [0.717, 1.165) is 27.0 Å². The van der Waals surface area contributed by atoms with E-state index in [0.29, 0.717) is 44.6 Å².